The highest BCUT2D eigenvalue weighted by Gasteiger charge is 2.33. The van der Waals surface area contributed by atoms with Crippen molar-refractivity contribution in [1.29, 1.82) is 0 Å². The molecule has 3 unspecified atom stereocenters. The summed E-state index contributed by atoms with van der Waals surface area (Å²) in [4.78, 5) is 5.48. The van der Waals surface area contributed by atoms with E-state index < -0.39 is 0 Å². The molecule has 0 radical (unpaired) electrons. The maximum atomic E-state index is 3.83. The molecular weight excluding hydrogens is 258 g/mol. The second-order valence-corrected chi connectivity index (χ2v) is 7.81. The lowest BCUT2D eigenvalue weighted by molar-refractivity contribution is 0.0874. The van der Waals surface area contributed by atoms with Gasteiger partial charge in [0.05, 0.1) is 0 Å². The van der Waals surface area contributed by atoms with Crippen molar-refractivity contribution in [3.8, 4) is 0 Å². The lowest BCUT2D eigenvalue weighted by Crippen LogP contribution is -2.51. The summed E-state index contributed by atoms with van der Waals surface area (Å²) >= 11 is 0. The van der Waals surface area contributed by atoms with Crippen LogP contribution in [0.2, 0.25) is 0 Å². The second-order valence-electron chi connectivity index (χ2n) is 7.81. The number of rotatable bonds is 6. The number of piperazine rings is 1. The van der Waals surface area contributed by atoms with Crippen molar-refractivity contribution in [1.82, 2.24) is 15.1 Å². The van der Waals surface area contributed by atoms with Crippen LogP contribution in [0.5, 0.6) is 0 Å². The topological polar surface area (TPSA) is 18.5 Å². The van der Waals surface area contributed by atoms with Gasteiger partial charge in [0.15, 0.2) is 0 Å². The van der Waals surface area contributed by atoms with Crippen LogP contribution in [0.1, 0.15) is 52.4 Å². The molecule has 0 aromatic carbocycles. The summed E-state index contributed by atoms with van der Waals surface area (Å²) in [6.45, 7) is 12.5. The van der Waals surface area contributed by atoms with Crippen molar-refractivity contribution < 1.29 is 0 Å². The van der Waals surface area contributed by atoms with Crippen molar-refractivity contribution in [2.45, 2.75) is 64.5 Å². The van der Waals surface area contributed by atoms with E-state index in [9.17, 15) is 0 Å². The monoisotopic (exact) mass is 293 g/mol. The maximum Gasteiger partial charge on any atom is 0.0113 e. The average molecular weight is 293 g/mol. The first-order chi connectivity index (χ1) is 10.3. The molecule has 2 saturated carbocycles. The third kappa shape index (κ3) is 4.43. The van der Waals surface area contributed by atoms with Crippen LogP contribution in [0, 0.1) is 11.8 Å². The van der Waals surface area contributed by atoms with Gasteiger partial charge in [0.1, 0.15) is 0 Å². The first-order valence-electron chi connectivity index (χ1n) is 9.46. The standard InChI is InChI=1S/C18H35N3/c1-3-8-19-18-7-4-15(2)13-16(18)14-20-9-11-21(12-10-20)17-5-6-17/h15-19H,3-14H2,1-2H3. The Hall–Kier alpha value is -0.120. The Balaban J connectivity index is 1.46. The van der Waals surface area contributed by atoms with Gasteiger partial charge in [-0.2, -0.15) is 0 Å². The van der Waals surface area contributed by atoms with Gasteiger partial charge in [-0.15, -0.1) is 0 Å². The quantitative estimate of drug-likeness (QED) is 0.812. The molecule has 3 atom stereocenters. The Morgan fingerprint density at radius 1 is 1.00 bits per heavy atom. The van der Waals surface area contributed by atoms with Gasteiger partial charge in [0.2, 0.25) is 0 Å². The van der Waals surface area contributed by atoms with Crippen molar-refractivity contribution >= 4 is 0 Å². The van der Waals surface area contributed by atoms with Crippen LogP contribution >= 0.6 is 0 Å². The first kappa shape index (κ1) is 15.8. The molecule has 0 spiro atoms. The molecule has 1 N–H and O–H groups in total. The summed E-state index contributed by atoms with van der Waals surface area (Å²) in [7, 11) is 0. The maximum absolute atomic E-state index is 3.83. The average Bonchev–Trinajstić information content (AvgIpc) is 3.32. The van der Waals surface area contributed by atoms with Crippen LogP contribution in [-0.2, 0) is 0 Å². The summed E-state index contributed by atoms with van der Waals surface area (Å²) in [5.41, 5.74) is 0. The highest BCUT2D eigenvalue weighted by Crippen LogP contribution is 2.31. The summed E-state index contributed by atoms with van der Waals surface area (Å²) in [6.07, 6.45) is 8.44. The predicted octanol–water partition coefficient (Wildman–Crippen LogP) is 2.57. The van der Waals surface area contributed by atoms with Crippen LogP contribution < -0.4 is 5.32 Å². The fraction of sp³-hybridized carbons (Fsp3) is 1.00. The lowest BCUT2D eigenvalue weighted by atomic mass is 9.78. The summed E-state index contributed by atoms with van der Waals surface area (Å²) in [5.74, 6) is 1.82. The van der Waals surface area contributed by atoms with Crippen molar-refractivity contribution in [2.24, 2.45) is 11.8 Å². The fourth-order valence-corrected chi connectivity index (χ4v) is 4.38. The zero-order chi connectivity index (χ0) is 14.7. The fourth-order valence-electron chi connectivity index (χ4n) is 4.38. The molecule has 3 nitrogen and oxygen atoms in total. The molecule has 0 aromatic rings. The van der Waals surface area contributed by atoms with Crippen molar-refractivity contribution in [2.75, 3.05) is 39.3 Å². The van der Waals surface area contributed by atoms with Gasteiger partial charge in [-0.25, -0.2) is 0 Å². The van der Waals surface area contributed by atoms with Crippen molar-refractivity contribution in [3.05, 3.63) is 0 Å². The van der Waals surface area contributed by atoms with E-state index in [0.29, 0.717) is 0 Å². The molecule has 0 bridgehead atoms. The molecule has 122 valence electrons. The minimum Gasteiger partial charge on any atom is -0.314 e. The minimum absolute atomic E-state index is 0.780. The number of nitrogens with zero attached hydrogens (tertiary/aromatic N) is 2. The third-order valence-electron chi connectivity index (χ3n) is 5.86. The van der Waals surface area contributed by atoms with E-state index >= 15 is 0 Å². The minimum atomic E-state index is 0.780. The Kier molecular flexibility index (Phi) is 5.58. The van der Waals surface area contributed by atoms with Crippen molar-refractivity contribution in [3.63, 3.8) is 0 Å². The van der Waals surface area contributed by atoms with Gasteiger partial charge in [0.25, 0.3) is 0 Å². The van der Waals surface area contributed by atoms with Crippen LogP contribution in [0.15, 0.2) is 0 Å². The van der Waals surface area contributed by atoms with E-state index in [2.05, 4.69) is 29.0 Å². The summed E-state index contributed by atoms with van der Waals surface area (Å²) in [5, 5.41) is 3.83. The van der Waals surface area contributed by atoms with E-state index in [1.807, 2.05) is 0 Å². The van der Waals surface area contributed by atoms with Crippen LogP contribution in [-0.4, -0.2) is 61.2 Å². The molecule has 21 heavy (non-hydrogen) atoms. The Labute approximate surface area is 131 Å². The molecule has 3 fully saturated rings. The smallest absolute Gasteiger partial charge is 0.0113 e. The normalized spacial score (nSPS) is 36.0. The van der Waals surface area contributed by atoms with E-state index in [-0.39, 0.29) is 0 Å². The number of hydrogen-bond acceptors (Lipinski definition) is 3. The van der Waals surface area contributed by atoms with E-state index in [1.165, 1.54) is 77.8 Å². The largest absolute Gasteiger partial charge is 0.314 e. The third-order valence-corrected chi connectivity index (χ3v) is 5.86. The summed E-state index contributed by atoms with van der Waals surface area (Å²) in [6, 6.07) is 1.74. The van der Waals surface area contributed by atoms with Gasteiger partial charge in [0, 0.05) is 44.8 Å². The zero-order valence-corrected chi connectivity index (χ0v) is 14.2. The van der Waals surface area contributed by atoms with E-state index in [4.69, 9.17) is 0 Å². The van der Waals surface area contributed by atoms with Crippen LogP contribution in [0.4, 0.5) is 0 Å². The predicted molar refractivity (Wildman–Crippen MR) is 89.6 cm³/mol. The second kappa shape index (κ2) is 7.43. The lowest BCUT2D eigenvalue weighted by Gasteiger charge is -2.41. The highest BCUT2D eigenvalue weighted by atomic mass is 15.3. The molecule has 3 aliphatic rings. The molecule has 3 rings (SSSR count). The van der Waals surface area contributed by atoms with Crippen LogP contribution in [0.25, 0.3) is 0 Å². The number of nitrogens with one attached hydrogen (secondary N) is 1. The Morgan fingerprint density at radius 2 is 1.76 bits per heavy atom. The molecule has 3 heteroatoms. The number of hydrogen-bond donors (Lipinski definition) is 1. The van der Waals surface area contributed by atoms with E-state index in [0.717, 1.165) is 23.9 Å². The zero-order valence-electron chi connectivity index (χ0n) is 14.2. The van der Waals surface area contributed by atoms with Gasteiger partial charge < -0.3 is 10.2 Å². The molecule has 1 aliphatic heterocycles. The Bertz CT molecular complexity index is 306. The Morgan fingerprint density at radius 3 is 2.43 bits per heavy atom. The molecular formula is C18H35N3. The SMILES string of the molecule is CCCNC1CCC(C)CC1CN1CCN(C2CC2)CC1. The van der Waals surface area contributed by atoms with Gasteiger partial charge >= 0.3 is 0 Å². The molecule has 0 aromatic heterocycles. The molecule has 1 saturated heterocycles. The molecule has 2 aliphatic carbocycles. The highest BCUT2D eigenvalue weighted by molar-refractivity contribution is 4.90. The molecule has 0 amide bonds. The summed E-state index contributed by atoms with van der Waals surface area (Å²) < 4.78 is 0. The first-order valence-corrected chi connectivity index (χ1v) is 9.46. The van der Waals surface area contributed by atoms with Crippen LogP contribution in [0.3, 0.4) is 0 Å². The molecule has 1 heterocycles. The van der Waals surface area contributed by atoms with E-state index in [1.54, 1.807) is 0 Å². The van der Waals surface area contributed by atoms with Gasteiger partial charge in [-0.05, 0) is 56.9 Å². The van der Waals surface area contributed by atoms with Gasteiger partial charge in [-0.1, -0.05) is 13.8 Å². The van der Waals surface area contributed by atoms with Gasteiger partial charge in [-0.3, -0.25) is 4.90 Å².